The molecule has 2 fully saturated rings. The zero-order valence-electron chi connectivity index (χ0n) is 14.3. The Balaban J connectivity index is 1.54. The van der Waals surface area contributed by atoms with Crippen molar-refractivity contribution >= 4 is 5.91 Å². The van der Waals surface area contributed by atoms with E-state index < -0.39 is 18.5 Å². The molecule has 0 saturated carbocycles. The molecule has 2 aliphatic heterocycles. The van der Waals surface area contributed by atoms with Crippen LogP contribution in [0.1, 0.15) is 37.8 Å². The van der Waals surface area contributed by atoms with Crippen molar-refractivity contribution in [3.05, 3.63) is 30.1 Å². The molecule has 0 aliphatic carbocycles. The maximum atomic E-state index is 12.4. The average Bonchev–Trinajstić information content (AvgIpc) is 2.55. The predicted octanol–water partition coefficient (Wildman–Crippen LogP) is 3.24. The largest absolute Gasteiger partial charge is 0.397 e. The van der Waals surface area contributed by atoms with Crippen molar-refractivity contribution < 1.29 is 18.0 Å². The number of rotatable bonds is 3. The van der Waals surface area contributed by atoms with E-state index in [9.17, 15) is 18.0 Å². The summed E-state index contributed by atoms with van der Waals surface area (Å²) in [5.74, 6) is -0.788. The first-order valence-corrected chi connectivity index (χ1v) is 8.82. The van der Waals surface area contributed by atoms with Crippen LogP contribution >= 0.6 is 0 Å². The summed E-state index contributed by atoms with van der Waals surface area (Å²) in [6.07, 6.45) is -0.219. The fourth-order valence-corrected chi connectivity index (χ4v) is 4.09. The van der Waals surface area contributed by atoms with Crippen molar-refractivity contribution in [2.24, 2.45) is 5.41 Å². The smallest absolute Gasteiger partial charge is 0.342 e. The number of carbonyl (C=O) groups is 1. The lowest BCUT2D eigenvalue weighted by molar-refractivity contribution is -0.163. The Bertz CT molecular complexity index is 583. The van der Waals surface area contributed by atoms with E-state index in [1.54, 1.807) is 6.20 Å². The summed E-state index contributed by atoms with van der Waals surface area (Å²) in [5, 5.41) is 0. The van der Waals surface area contributed by atoms with Gasteiger partial charge in [0.05, 0.1) is 5.69 Å². The third-order valence-corrected chi connectivity index (χ3v) is 5.38. The first-order chi connectivity index (χ1) is 11.9. The van der Waals surface area contributed by atoms with E-state index in [1.165, 1.54) is 4.90 Å². The second-order valence-corrected chi connectivity index (χ2v) is 7.31. The van der Waals surface area contributed by atoms with Crippen LogP contribution in [0.4, 0.5) is 13.2 Å². The molecule has 0 unspecified atom stereocenters. The summed E-state index contributed by atoms with van der Waals surface area (Å²) in [4.78, 5) is 19.9. The summed E-state index contributed by atoms with van der Waals surface area (Å²) in [7, 11) is 0. The highest BCUT2D eigenvalue weighted by atomic mass is 19.4. The molecule has 0 atom stereocenters. The van der Waals surface area contributed by atoms with Crippen molar-refractivity contribution in [2.75, 3.05) is 26.2 Å². The number of likely N-dealkylation sites (tertiary alicyclic amines) is 2. The van der Waals surface area contributed by atoms with Gasteiger partial charge in [-0.15, -0.1) is 0 Å². The molecule has 2 aliphatic rings. The van der Waals surface area contributed by atoms with Gasteiger partial charge in [-0.2, -0.15) is 13.2 Å². The van der Waals surface area contributed by atoms with Crippen molar-refractivity contribution in [3.63, 3.8) is 0 Å². The number of aromatic nitrogens is 1. The van der Waals surface area contributed by atoms with Crippen molar-refractivity contribution in [3.8, 4) is 0 Å². The average molecular weight is 355 g/mol. The molecule has 7 heteroatoms. The summed E-state index contributed by atoms with van der Waals surface area (Å²) in [6, 6.07) is 5.89. The molecule has 2 saturated heterocycles. The van der Waals surface area contributed by atoms with Crippen LogP contribution in [-0.4, -0.2) is 53.0 Å². The lowest BCUT2D eigenvalue weighted by atomic mass is 9.72. The van der Waals surface area contributed by atoms with Gasteiger partial charge < -0.3 is 4.90 Å². The van der Waals surface area contributed by atoms with Crippen molar-refractivity contribution in [1.29, 1.82) is 0 Å². The third-order valence-electron chi connectivity index (χ3n) is 5.38. The second-order valence-electron chi connectivity index (χ2n) is 7.31. The molecule has 25 heavy (non-hydrogen) atoms. The van der Waals surface area contributed by atoms with Crippen LogP contribution in [0.15, 0.2) is 24.4 Å². The highest BCUT2D eigenvalue weighted by molar-refractivity contribution is 5.76. The molecule has 1 spiro atoms. The zero-order chi connectivity index (χ0) is 17.9. The maximum Gasteiger partial charge on any atom is 0.397 e. The Labute approximate surface area is 146 Å². The number of carbonyl (C=O) groups excluding carboxylic acids is 1. The van der Waals surface area contributed by atoms with Crippen LogP contribution in [0, 0.1) is 5.41 Å². The van der Waals surface area contributed by atoms with E-state index in [0.29, 0.717) is 13.1 Å². The van der Waals surface area contributed by atoms with Crippen molar-refractivity contribution in [1.82, 2.24) is 14.8 Å². The standard InChI is InChI=1S/C18H24F3N3O/c19-18(20,21)12-16(25)24-10-6-17(7-11-24)5-3-9-23(14-17)13-15-4-1-2-8-22-15/h1-2,4,8H,3,5-7,9-14H2. The number of hydrogen-bond donors (Lipinski definition) is 0. The number of amides is 1. The molecule has 0 radical (unpaired) electrons. The molecular formula is C18H24F3N3O. The van der Waals surface area contributed by atoms with E-state index in [1.807, 2.05) is 18.2 Å². The predicted molar refractivity (Wildman–Crippen MR) is 87.7 cm³/mol. The Morgan fingerprint density at radius 2 is 1.92 bits per heavy atom. The molecule has 1 amide bonds. The summed E-state index contributed by atoms with van der Waals surface area (Å²) >= 11 is 0. The van der Waals surface area contributed by atoms with Gasteiger partial charge in [0.2, 0.25) is 5.91 Å². The molecule has 1 aromatic rings. The molecule has 1 aromatic heterocycles. The summed E-state index contributed by atoms with van der Waals surface area (Å²) < 4.78 is 37.2. The number of nitrogens with zero attached hydrogens (tertiary/aromatic N) is 3. The first kappa shape index (κ1) is 18.2. The van der Waals surface area contributed by atoms with Gasteiger partial charge in [0, 0.05) is 32.4 Å². The highest BCUT2D eigenvalue weighted by Crippen LogP contribution is 2.40. The topological polar surface area (TPSA) is 36.4 Å². The molecule has 0 bridgehead atoms. The maximum absolute atomic E-state index is 12.4. The molecule has 4 nitrogen and oxygen atoms in total. The zero-order valence-corrected chi connectivity index (χ0v) is 14.3. The number of alkyl halides is 3. The summed E-state index contributed by atoms with van der Waals surface area (Å²) in [5.41, 5.74) is 1.17. The van der Waals surface area contributed by atoms with Crippen LogP contribution in [0.5, 0.6) is 0 Å². The normalized spacial score (nSPS) is 21.5. The van der Waals surface area contributed by atoms with E-state index in [0.717, 1.165) is 51.0 Å². The minimum absolute atomic E-state index is 0.127. The minimum Gasteiger partial charge on any atom is -0.342 e. The van der Waals surface area contributed by atoms with Crippen LogP contribution in [0.2, 0.25) is 0 Å². The van der Waals surface area contributed by atoms with E-state index in [-0.39, 0.29) is 5.41 Å². The molecular weight excluding hydrogens is 331 g/mol. The van der Waals surface area contributed by atoms with Gasteiger partial charge in [-0.05, 0) is 49.8 Å². The fraction of sp³-hybridized carbons (Fsp3) is 0.667. The van der Waals surface area contributed by atoms with E-state index in [2.05, 4.69) is 9.88 Å². The Morgan fingerprint density at radius 3 is 2.56 bits per heavy atom. The monoisotopic (exact) mass is 355 g/mol. The Kier molecular flexibility index (Phi) is 5.32. The number of piperidine rings is 2. The molecule has 138 valence electrons. The molecule has 3 heterocycles. The van der Waals surface area contributed by atoms with Gasteiger partial charge in [0.1, 0.15) is 6.42 Å². The summed E-state index contributed by atoms with van der Waals surface area (Å²) in [6.45, 7) is 3.64. The minimum atomic E-state index is -4.42. The van der Waals surface area contributed by atoms with Crippen LogP contribution in [0.25, 0.3) is 0 Å². The van der Waals surface area contributed by atoms with Gasteiger partial charge >= 0.3 is 6.18 Å². The number of hydrogen-bond acceptors (Lipinski definition) is 3. The highest BCUT2D eigenvalue weighted by Gasteiger charge is 2.41. The van der Waals surface area contributed by atoms with Gasteiger partial charge in [-0.1, -0.05) is 6.07 Å². The lowest BCUT2D eigenvalue weighted by Crippen LogP contribution is -2.50. The van der Waals surface area contributed by atoms with Gasteiger partial charge in [0.25, 0.3) is 0 Å². The third kappa shape index (κ3) is 4.93. The Morgan fingerprint density at radius 1 is 1.16 bits per heavy atom. The number of halogens is 3. The van der Waals surface area contributed by atoms with E-state index >= 15 is 0 Å². The van der Waals surface area contributed by atoms with E-state index in [4.69, 9.17) is 0 Å². The molecule has 0 aromatic carbocycles. The number of pyridine rings is 1. The van der Waals surface area contributed by atoms with Crippen molar-refractivity contribution in [2.45, 2.75) is 44.8 Å². The Hall–Kier alpha value is -1.63. The molecule has 3 rings (SSSR count). The van der Waals surface area contributed by atoms with Gasteiger partial charge in [-0.3, -0.25) is 14.7 Å². The second kappa shape index (κ2) is 7.32. The van der Waals surface area contributed by atoms with Crippen LogP contribution in [0.3, 0.4) is 0 Å². The van der Waals surface area contributed by atoms with Gasteiger partial charge in [0.15, 0.2) is 0 Å². The first-order valence-electron chi connectivity index (χ1n) is 8.82. The van der Waals surface area contributed by atoms with Gasteiger partial charge in [-0.25, -0.2) is 0 Å². The quantitative estimate of drug-likeness (QED) is 0.835. The van der Waals surface area contributed by atoms with Crippen LogP contribution in [-0.2, 0) is 11.3 Å². The fourth-order valence-electron chi connectivity index (χ4n) is 4.09. The lowest BCUT2D eigenvalue weighted by Gasteiger charge is -2.47. The molecule has 0 N–H and O–H groups in total. The SMILES string of the molecule is O=C(CC(F)(F)F)N1CCC2(CCCN(Cc3ccccn3)C2)CC1. The van der Waals surface area contributed by atoms with Crippen LogP contribution < -0.4 is 0 Å².